The fourth-order valence-corrected chi connectivity index (χ4v) is 5.57. The van der Waals surface area contributed by atoms with Gasteiger partial charge in [0.05, 0.1) is 6.61 Å². The summed E-state index contributed by atoms with van der Waals surface area (Å²) in [6.07, 6.45) is 8.44. The highest BCUT2D eigenvalue weighted by molar-refractivity contribution is 5.50. The molecule has 1 fully saturated rings. The van der Waals surface area contributed by atoms with Crippen LogP contribution in [0, 0.1) is 25.7 Å². The summed E-state index contributed by atoms with van der Waals surface area (Å²) in [5, 5.41) is 24.6. The molecule has 3 aromatic rings. The first-order valence-electron chi connectivity index (χ1n) is 13.7. The van der Waals surface area contributed by atoms with Gasteiger partial charge in [0, 0.05) is 17.4 Å². The molecule has 1 aliphatic carbocycles. The molecule has 0 radical (unpaired) electrons. The maximum atomic E-state index is 10.6. The lowest BCUT2D eigenvalue weighted by molar-refractivity contribution is 0.110. The molecule has 1 aliphatic rings. The molecule has 0 saturated heterocycles. The largest absolute Gasteiger partial charge is 0.493 e. The van der Waals surface area contributed by atoms with E-state index in [1.165, 1.54) is 11.1 Å². The average Bonchev–Trinajstić information content (AvgIpc) is 3.58. The first kappa shape index (κ1) is 26.9. The molecule has 37 heavy (non-hydrogen) atoms. The third kappa shape index (κ3) is 6.22. The highest BCUT2D eigenvalue weighted by Gasteiger charge is 2.32. The summed E-state index contributed by atoms with van der Waals surface area (Å²) in [5.41, 5.74) is 5.08. The van der Waals surface area contributed by atoms with Crippen molar-refractivity contribution in [3.8, 4) is 17.6 Å². The molecule has 0 atom stereocenters. The Morgan fingerprint density at radius 1 is 1.00 bits per heavy atom. The SMILES string of the molecule is CCC(CC)(c1ccc(C#CC2(O)CCCC2)c(C)c1)c1ccc(OCCCCc2nnn[nH]2)c(C)c1. The Balaban J connectivity index is 1.47. The number of H-pyrrole nitrogens is 1. The number of benzene rings is 2. The topological polar surface area (TPSA) is 83.9 Å². The first-order valence-corrected chi connectivity index (χ1v) is 13.7. The van der Waals surface area contributed by atoms with Crippen molar-refractivity contribution in [2.75, 3.05) is 6.61 Å². The van der Waals surface area contributed by atoms with Gasteiger partial charge in [0.15, 0.2) is 0 Å². The van der Waals surface area contributed by atoms with Crippen LogP contribution in [0.2, 0.25) is 0 Å². The van der Waals surface area contributed by atoms with Crippen molar-refractivity contribution in [3.63, 3.8) is 0 Å². The van der Waals surface area contributed by atoms with Gasteiger partial charge in [-0.3, -0.25) is 0 Å². The Kier molecular flexibility index (Phi) is 8.66. The van der Waals surface area contributed by atoms with Gasteiger partial charge in [-0.1, -0.05) is 50.0 Å². The van der Waals surface area contributed by atoms with Gasteiger partial charge >= 0.3 is 0 Å². The van der Waals surface area contributed by atoms with Gasteiger partial charge in [-0.05, 0) is 110 Å². The van der Waals surface area contributed by atoms with Gasteiger partial charge in [-0.25, -0.2) is 5.10 Å². The molecule has 0 unspecified atom stereocenters. The van der Waals surface area contributed by atoms with E-state index in [4.69, 9.17) is 4.74 Å². The van der Waals surface area contributed by atoms with Gasteiger partial charge < -0.3 is 9.84 Å². The fraction of sp³-hybridized carbons (Fsp3) is 0.516. The summed E-state index contributed by atoms with van der Waals surface area (Å²) >= 11 is 0. The van der Waals surface area contributed by atoms with Gasteiger partial charge in [-0.2, -0.15) is 0 Å². The van der Waals surface area contributed by atoms with Crippen molar-refractivity contribution in [2.45, 2.75) is 96.5 Å². The molecular formula is C31H40N4O2. The van der Waals surface area contributed by atoms with Crippen molar-refractivity contribution in [1.29, 1.82) is 0 Å². The number of nitrogens with zero attached hydrogens (tertiary/aromatic N) is 3. The monoisotopic (exact) mass is 500 g/mol. The van der Waals surface area contributed by atoms with Crippen molar-refractivity contribution >= 4 is 0 Å². The number of hydrogen-bond acceptors (Lipinski definition) is 5. The summed E-state index contributed by atoms with van der Waals surface area (Å²) in [6, 6.07) is 13.3. The number of rotatable bonds is 10. The molecule has 0 amide bonds. The van der Waals surface area contributed by atoms with E-state index in [0.717, 1.165) is 86.1 Å². The molecule has 2 aromatic carbocycles. The summed E-state index contributed by atoms with van der Waals surface area (Å²) in [7, 11) is 0. The van der Waals surface area contributed by atoms with E-state index < -0.39 is 5.60 Å². The Morgan fingerprint density at radius 2 is 1.70 bits per heavy atom. The lowest BCUT2D eigenvalue weighted by atomic mass is 9.70. The normalized spacial score (nSPS) is 14.8. The zero-order valence-electron chi connectivity index (χ0n) is 22.7. The standard InChI is InChI=1S/C31H40N4O2/c1-5-31(6-2,26-13-12-25(23(3)21-26)16-19-30(36)17-8-9-18-30)27-14-15-28(24(4)22-27)37-20-10-7-11-29-32-34-35-33-29/h12-15,21-22,36H,5-11,17-18,20H2,1-4H3,(H,32,33,34,35). The van der Waals surface area contributed by atoms with E-state index >= 15 is 0 Å². The molecule has 0 spiro atoms. The quantitative estimate of drug-likeness (QED) is 0.264. The van der Waals surface area contributed by atoms with E-state index in [1.807, 2.05) is 0 Å². The predicted octanol–water partition coefficient (Wildman–Crippen LogP) is 5.98. The Bertz CT molecular complexity index is 1230. The number of aromatic nitrogens is 4. The van der Waals surface area contributed by atoms with Crippen LogP contribution in [0.3, 0.4) is 0 Å². The van der Waals surface area contributed by atoms with Crippen molar-refractivity contribution in [2.24, 2.45) is 0 Å². The smallest absolute Gasteiger partial charge is 0.148 e. The third-order valence-corrected chi connectivity index (χ3v) is 8.03. The lowest BCUT2D eigenvalue weighted by Gasteiger charge is -2.34. The van der Waals surface area contributed by atoms with Crippen LogP contribution in [0.25, 0.3) is 0 Å². The second-order valence-electron chi connectivity index (χ2n) is 10.4. The molecule has 1 heterocycles. The number of aliphatic hydroxyl groups is 1. The summed E-state index contributed by atoms with van der Waals surface area (Å²) in [5.74, 6) is 8.19. The number of ether oxygens (including phenoxy) is 1. The number of unbranched alkanes of at least 4 members (excludes halogenated alkanes) is 1. The number of aryl methyl sites for hydroxylation is 3. The number of nitrogens with one attached hydrogen (secondary N) is 1. The van der Waals surface area contributed by atoms with Crippen LogP contribution in [0.15, 0.2) is 36.4 Å². The van der Waals surface area contributed by atoms with Crippen molar-refractivity contribution in [3.05, 3.63) is 70.0 Å². The third-order valence-electron chi connectivity index (χ3n) is 8.03. The van der Waals surface area contributed by atoms with Crippen LogP contribution in [0.5, 0.6) is 5.75 Å². The number of aromatic amines is 1. The predicted molar refractivity (Wildman–Crippen MR) is 147 cm³/mol. The minimum atomic E-state index is -0.808. The van der Waals surface area contributed by atoms with Crippen LogP contribution in [0.1, 0.15) is 98.9 Å². The Labute approximate surface area is 221 Å². The summed E-state index contributed by atoms with van der Waals surface area (Å²) in [4.78, 5) is 0. The van der Waals surface area contributed by atoms with E-state index in [-0.39, 0.29) is 5.41 Å². The van der Waals surface area contributed by atoms with E-state index in [9.17, 15) is 5.11 Å². The second kappa shape index (κ2) is 11.9. The Morgan fingerprint density at radius 3 is 2.32 bits per heavy atom. The minimum Gasteiger partial charge on any atom is -0.493 e. The van der Waals surface area contributed by atoms with E-state index in [1.54, 1.807) is 0 Å². The maximum absolute atomic E-state index is 10.6. The van der Waals surface area contributed by atoms with Crippen LogP contribution < -0.4 is 4.74 Å². The minimum absolute atomic E-state index is 0.0746. The summed E-state index contributed by atoms with van der Waals surface area (Å²) < 4.78 is 6.11. The van der Waals surface area contributed by atoms with E-state index in [0.29, 0.717) is 6.61 Å². The summed E-state index contributed by atoms with van der Waals surface area (Å²) in [6.45, 7) is 9.47. The first-order chi connectivity index (χ1) is 17.9. The van der Waals surface area contributed by atoms with Gasteiger partial charge in [0.2, 0.25) is 0 Å². The van der Waals surface area contributed by atoms with Crippen LogP contribution in [-0.4, -0.2) is 37.9 Å². The molecule has 196 valence electrons. The molecule has 4 rings (SSSR count). The van der Waals surface area contributed by atoms with Gasteiger partial charge in [-0.15, -0.1) is 5.10 Å². The zero-order valence-corrected chi connectivity index (χ0v) is 22.7. The van der Waals surface area contributed by atoms with Crippen LogP contribution >= 0.6 is 0 Å². The molecule has 2 N–H and O–H groups in total. The molecule has 1 aromatic heterocycles. The molecular weight excluding hydrogens is 460 g/mol. The second-order valence-corrected chi connectivity index (χ2v) is 10.4. The highest BCUT2D eigenvalue weighted by Crippen LogP contribution is 2.41. The number of tetrazole rings is 1. The van der Waals surface area contributed by atoms with Crippen LogP contribution in [-0.2, 0) is 11.8 Å². The highest BCUT2D eigenvalue weighted by atomic mass is 16.5. The maximum Gasteiger partial charge on any atom is 0.148 e. The van der Waals surface area contributed by atoms with Crippen molar-refractivity contribution < 1.29 is 9.84 Å². The van der Waals surface area contributed by atoms with Crippen LogP contribution in [0.4, 0.5) is 0 Å². The molecule has 0 aliphatic heterocycles. The zero-order chi connectivity index (χ0) is 26.3. The fourth-order valence-electron chi connectivity index (χ4n) is 5.57. The number of hydrogen-bond donors (Lipinski definition) is 2. The average molecular weight is 501 g/mol. The molecule has 6 nitrogen and oxygen atoms in total. The van der Waals surface area contributed by atoms with Gasteiger partial charge in [0.25, 0.3) is 0 Å². The van der Waals surface area contributed by atoms with Gasteiger partial charge in [0.1, 0.15) is 17.2 Å². The molecule has 6 heteroatoms. The van der Waals surface area contributed by atoms with E-state index in [2.05, 4.69) is 96.6 Å². The van der Waals surface area contributed by atoms with Crippen molar-refractivity contribution in [1.82, 2.24) is 20.6 Å². The lowest BCUT2D eigenvalue weighted by Crippen LogP contribution is -2.26. The Hall–Kier alpha value is -3.17. The molecule has 1 saturated carbocycles. The molecule has 0 bridgehead atoms.